The third-order valence-electron chi connectivity index (χ3n) is 13.4. The SMILES string of the molecule is CSc1ccc(-c2ccc(N(c3ccc(-c4ccc(C56CC7CC(CC(C7)C5)C6)cc4)cc3)c3ccc4c(c3)C(C)(C)c3ccccc3-4)cc2)cc1. The van der Waals surface area contributed by atoms with Crippen molar-refractivity contribution in [2.45, 2.75) is 68.1 Å². The molecule has 0 amide bonds. The minimum absolute atomic E-state index is 0.0629. The van der Waals surface area contributed by atoms with Crippen molar-refractivity contribution in [3.8, 4) is 33.4 Å². The molecule has 0 spiro atoms. The molecule has 0 heterocycles. The molecule has 0 saturated heterocycles. The van der Waals surface area contributed by atoms with Crippen molar-refractivity contribution in [1.29, 1.82) is 0 Å². The summed E-state index contributed by atoms with van der Waals surface area (Å²) in [5.74, 6) is 2.91. The summed E-state index contributed by atoms with van der Waals surface area (Å²) in [7, 11) is 0. The maximum Gasteiger partial charge on any atom is 0.0465 e. The predicted molar refractivity (Wildman–Crippen MR) is 221 cm³/mol. The highest BCUT2D eigenvalue weighted by Gasteiger charge is 2.51. The predicted octanol–water partition coefficient (Wildman–Crippen LogP) is 14.0. The Balaban J connectivity index is 0.994. The van der Waals surface area contributed by atoms with Crippen LogP contribution in [-0.4, -0.2) is 6.26 Å². The number of hydrogen-bond acceptors (Lipinski definition) is 2. The molecule has 2 heteroatoms. The molecule has 6 aromatic rings. The normalized spacial score (nSPS) is 23.3. The zero-order chi connectivity index (χ0) is 35.0. The molecule has 0 unspecified atom stereocenters. The van der Waals surface area contributed by atoms with Gasteiger partial charge in [-0.05, 0) is 167 Å². The lowest BCUT2D eigenvalue weighted by atomic mass is 9.48. The van der Waals surface area contributed by atoms with E-state index in [1.165, 1.54) is 99.3 Å². The highest BCUT2D eigenvalue weighted by atomic mass is 32.2. The largest absolute Gasteiger partial charge is 0.310 e. The van der Waals surface area contributed by atoms with Gasteiger partial charge in [0, 0.05) is 27.4 Å². The molecule has 0 aliphatic heterocycles. The Bertz CT molecular complexity index is 2230. The van der Waals surface area contributed by atoms with Crippen molar-refractivity contribution in [2.75, 3.05) is 11.2 Å². The number of nitrogens with zero attached hydrogens (tertiary/aromatic N) is 1. The van der Waals surface area contributed by atoms with Crippen molar-refractivity contribution < 1.29 is 0 Å². The maximum atomic E-state index is 2.48. The van der Waals surface area contributed by atoms with E-state index in [0.717, 1.165) is 23.4 Å². The Morgan fingerprint density at radius 3 is 1.50 bits per heavy atom. The summed E-state index contributed by atoms with van der Waals surface area (Å²) in [6, 6.07) is 53.0. The summed E-state index contributed by atoms with van der Waals surface area (Å²) < 4.78 is 0. The third-order valence-corrected chi connectivity index (χ3v) is 14.1. The van der Waals surface area contributed by atoms with Crippen LogP contribution in [0.3, 0.4) is 0 Å². The van der Waals surface area contributed by atoms with Crippen molar-refractivity contribution >= 4 is 28.8 Å². The van der Waals surface area contributed by atoms with E-state index < -0.39 is 0 Å². The van der Waals surface area contributed by atoms with Crippen LogP contribution in [0.25, 0.3) is 33.4 Å². The molecule has 11 rings (SSSR count). The summed E-state index contributed by atoms with van der Waals surface area (Å²) in [6.45, 7) is 4.73. The van der Waals surface area contributed by atoms with Gasteiger partial charge in [-0.3, -0.25) is 0 Å². The molecule has 0 N–H and O–H groups in total. The number of rotatable bonds is 7. The van der Waals surface area contributed by atoms with Crippen LogP contribution in [-0.2, 0) is 10.8 Å². The molecule has 0 atom stereocenters. The van der Waals surface area contributed by atoms with Crippen LogP contribution in [0.1, 0.15) is 69.1 Å². The van der Waals surface area contributed by atoms with Gasteiger partial charge in [0.1, 0.15) is 0 Å². The molecule has 5 aliphatic rings. The fraction of sp³-hybridized carbons (Fsp3) is 0.280. The van der Waals surface area contributed by atoms with E-state index in [1.54, 1.807) is 17.3 Å². The van der Waals surface area contributed by atoms with Crippen LogP contribution in [0, 0.1) is 17.8 Å². The molecule has 258 valence electrons. The highest BCUT2D eigenvalue weighted by Crippen LogP contribution is 2.61. The second-order valence-electron chi connectivity index (χ2n) is 16.8. The monoisotopic (exact) mass is 693 g/mol. The maximum absolute atomic E-state index is 2.48. The average molecular weight is 694 g/mol. The summed E-state index contributed by atoms with van der Waals surface area (Å²) in [4.78, 5) is 3.72. The van der Waals surface area contributed by atoms with Gasteiger partial charge in [0.15, 0.2) is 0 Å². The van der Waals surface area contributed by atoms with Gasteiger partial charge in [0.25, 0.3) is 0 Å². The van der Waals surface area contributed by atoms with E-state index in [-0.39, 0.29) is 5.41 Å². The van der Waals surface area contributed by atoms with Crippen LogP contribution in [0.15, 0.2) is 144 Å². The summed E-state index contributed by atoms with van der Waals surface area (Å²) in [5, 5.41) is 0. The zero-order valence-electron chi connectivity index (χ0n) is 30.6. The first-order valence-electron chi connectivity index (χ1n) is 19.4. The number of benzene rings is 6. The molecule has 0 aromatic heterocycles. The molecule has 1 nitrogen and oxygen atoms in total. The summed E-state index contributed by atoms with van der Waals surface area (Å²) in [6.07, 6.45) is 10.9. The first-order chi connectivity index (χ1) is 25.4. The number of thioether (sulfide) groups is 1. The fourth-order valence-electron chi connectivity index (χ4n) is 11.1. The fourth-order valence-corrected chi connectivity index (χ4v) is 11.6. The molecule has 0 radical (unpaired) electrons. The molecule has 4 saturated carbocycles. The van der Waals surface area contributed by atoms with Gasteiger partial charge < -0.3 is 4.90 Å². The first kappa shape index (κ1) is 32.1. The summed E-state index contributed by atoms with van der Waals surface area (Å²) in [5.41, 5.74) is 16.0. The Hall–Kier alpha value is -4.53. The van der Waals surface area contributed by atoms with Gasteiger partial charge in [-0.25, -0.2) is 0 Å². The topological polar surface area (TPSA) is 3.24 Å². The minimum Gasteiger partial charge on any atom is -0.310 e. The van der Waals surface area contributed by atoms with Crippen LogP contribution < -0.4 is 4.90 Å². The van der Waals surface area contributed by atoms with E-state index in [4.69, 9.17) is 0 Å². The summed E-state index contributed by atoms with van der Waals surface area (Å²) >= 11 is 1.78. The van der Waals surface area contributed by atoms with Gasteiger partial charge in [-0.15, -0.1) is 11.8 Å². The van der Waals surface area contributed by atoms with Crippen LogP contribution in [0.4, 0.5) is 17.1 Å². The number of fused-ring (bicyclic) bond motifs is 3. The standard InChI is InChI=1S/C50H47NS/c1-49(2)47-7-5-4-6-45(47)46-25-22-43(29-48(46)49)51(42-20-12-38(13-21-42)39-14-23-44(52-3)24-15-39)41-18-10-37(11-19-41)36-8-16-40(17-9-36)50-30-33-26-34(31-50)28-35(27-33)32-50/h4-25,29,33-35H,26-28,30-32H2,1-3H3. The quantitative estimate of drug-likeness (QED) is 0.153. The molecule has 6 aromatic carbocycles. The van der Waals surface area contributed by atoms with E-state index in [0.29, 0.717) is 5.41 Å². The molecule has 52 heavy (non-hydrogen) atoms. The Morgan fingerprint density at radius 1 is 0.500 bits per heavy atom. The van der Waals surface area contributed by atoms with E-state index in [9.17, 15) is 0 Å². The molecular formula is C50H47NS. The second-order valence-corrected chi connectivity index (χ2v) is 17.7. The zero-order valence-corrected chi connectivity index (χ0v) is 31.4. The number of anilines is 3. The van der Waals surface area contributed by atoms with Gasteiger partial charge in [-0.1, -0.05) is 105 Å². The molecule has 5 aliphatic carbocycles. The average Bonchev–Trinajstić information content (AvgIpc) is 3.40. The van der Waals surface area contributed by atoms with Gasteiger partial charge in [0.05, 0.1) is 0 Å². The van der Waals surface area contributed by atoms with Gasteiger partial charge in [-0.2, -0.15) is 0 Å². The minimum atomic E-state index is -0.0629. The molecule has 4 bridgehead atoms. The van der Waals surface area contributed by atoms with Gasteiger partial charge in [0.2, 0.25) is 0 Å². The van der Waals surface area contributed by atoms with Crippen molar-refractivity contribution in [1.82, 2.24) is 0 Å². The van der Waals surface area contributed by atoms with Crippen LogP contribution >= 0.6 is 11.8 Å². The smallest absolute Gasteiger partial charge is 0.0465 e. The second kappa shape index (κ2) is 12.3. The lowest BCUT2D eigenvalue weighted by molar-refractivity contribution is -0.00518. The molecule has 4 fully saturated rings. The van der Waals surface area contributed by atoms with Crippen molar-refractivity contribution in [2.24, 2.45) is 17.8 Å². The Morgan fingerprint density at radius 2 is 0.962 bits per heavy atom. The first-order valence-corrected chi connectivity index (χ1v) is 20.6. The van der Waals surface area contributed by atoms with Crippen molar-refractivity contribution in [3.05, 3.63) is 156 Å². The Labute approximate surface area is 314 Å². The van der Waals surface area contributed by atoms with Crippen LogP contribution in [0.2, 0.25) is 0 Å². The number of hydrogen-bond donors (Lipinski definition) is 0. The van der Waals surface area contributed by atoms with E-state index >= 15 is 0 Å². The van der Waals surface area contributed by atoms with E-state index in [1.807, 2.05) is 0 Å². The van der Waals surface area contributed by atoms with Crippen molar-refractivity contribution in [3.63, 3.8) is 0 Å². The Kier molecular flexibility index (Phi) is 7.59. The van der Waals surface area contributed by atoms with Gasteiger partial charge >= 0.3 is 0 Å². The van der Waals surface area contributed by atoms with Crippen LogP contribution in [0.5, 0.6) is 0 Å². The lowest BCUT2D eigenvalue weighted by Crippen LogP contribution is -2.48. The third kappa shape index (κ3) is 5.28. The lowest BCUT2D eigenvalue weighted by Gasteiger charge is -2.57. The van der Waals surface area contributed by atoms with E-state index in [2.05, 4.69) is 165 Å². The molecular weight excluding hydrogens is 647 g/mol. The highest BCUT2D eigenvalue weighted by molar-refractivity contribution is 7.98.